The van der Waals surface area contributed by atoms with Crippen LogP contribution in [0.5, 0.6) is 0 Å². The summed E-state index contributed by atoms with van der Waals surface area (Å²) in [6.45, 7) is 2.63. The van der Waals surface area contributed by atoms with Crippen LogP contribution in [0.3, 0.4) is 0 Å². The first-order valence-corrected chi connectivity index (χ1v) is 12.8. The number of allylic oxidation sites excluding steroid dienone is 2. The number of unbranched alkanes of at least 4 members (excludes halogenated alkanes) is 6. The molecule has 184 valence electrons. The molecule has 4 heteroatoms. The van der Waals surface area contributed by atoms with Crippen molar-refractivity contribution in [2.24, 2.45) is 0 Å². The predicted molar refractivity (Wildman–Crippen MR) is 138 cm³/mol. The Bertz CT molecular complexity index is 829. The number of esters is 2. The highest BCUT2D eigenvalue weighted by molar-refractivity contribution is 5.89. The zero-order valence-corrected chi connectivity index (χ0v) is 20.6. The molecule has 0 fully saturated rings. The topological polar surface area (TPSA) is 52.6 Å². The lowest BCUT2D eigenvalue weighted by atomic mass is 10.1. The number of ether oxygens (including phenoxy) is 2. The zero-order valence-electron chi connectivity index (χ0n) is 20.6. The number of rotatable bonds is 17. The molecule has 0 aliphatic carbocycles. The average molecular weight is 465 g/mol. The monoisotopic (exact) mass is 464 g/mol. The van der Waals surface area contributed by atoms with E-state index in [-0.39, 0.29) is 18.0 Å². The van der Waals surface area contributed by atoms with E-state index in [2.05, 4.69) is 19.1 Å². The third-order valence-electron chi connectivity index (χ3n) is 5.74. The largest absolute Gasteiger partial charge is 0.462 e. The molecule has 2 aromatic rings. The molecule has 0 saturated heterocycles. The molecular weight excluding hydrogens is 424 g/mol. The Morgan fingerprint density at radius 3 is 2.00 bits per heavy atom. The minimum Gasteiger partial charge on any atom is -0.462 e. The van der Waals surface area contributed by atoms with Gasteiger partial charge < -0.3 is 9.47 Å². The molecule has 2 rings (SSSR count). The van der Waals surface area contributed by atoms with E-state index in [0.717, 1.165) is 44.9 Å². The molecular formula is C30H40O4. The Morgan fingerprint density at radius 2 is 1.32 bits per heavy atom. The average Bonchev–Trinajstić information content (AvgIpc) is 2.88. The van der Waals surface area contributed by atoms with Gasteiger partial charge in [-0.2, -0.15) is 0 Å². The lowest BCUT2D eigenvalue weighted by Gasteiger charge is -2.17. The van der Waals surface area contributed by atoms with Crippen LogP contribution in [-0.4, -0.2) is 24.6 Å². The zero-order chi connectivity index (χ0) is 24.3. The van der Waals surface area contributed by atoms with Crippen molar-refractivity contribution < 1.29 is 19.1 Å². The minimum absolute atomic E-state index is 0.107. The van der Waals surface area contributed by atoms with Crippen molar-refractivity contribution in [3.05, 3.63) is 83.9 Å². The fraction of sp³-hybridized carbons (Fsp3) is 0.467. The first-order chi connectivity index (χ1) is 16.7. The van der Waals surface area contributed by atoms with Crippen LogP contribution in [0.2, 0.25) is 0 Å². The molecule has 0 amide bonds. The Labute approximate surface area is 205 Å². The van der Waals surface area contributed by atoms with Gasteiger partial charge in [-0.05, 0) is 75.6 Å². The maximum Gasteiger partial charge on any atom is 0.338 e. The molecule has 0 N–H and O–H groups in total. The van der Waals surface area contributed by atoms with E-state index in [0.29, 0.717) is 17.7 Å². The highest BCUT2D eigenvalue weighted by Gasteiger charge is 2.15. The molecule has 34 heavy (non-hydrogen) atoms. The van der Waals surface area contributed by atoms with Gasteiger partial charge in [0.25, 0.3) is 0 Å². The summed E-state index contributed by atoms with van der Waals surface area (Å²) in [4.78, 5) is 24.5. The quantitative estimate of drug-likeness (QED) is 0.135. The molecule has 0 aliphatic heterocycles. The molecule has 1 atom stereocenters. The van der Waals surface area contributed by atoms with Gasteiger partial charge in [0.1, 0.15) is 6.10 Å². The minimum atomic E-state index is -0.281. The van der Waals surface area contributed by atoms with Crippen LogP contribution < -0.4 is 0 Å². The van der Waals surface area contributed by atoms with Gasteiger partial charge in [0.15, 0.2) is 0 Å². The molecule has 0 spiro atoms. The van der Waals surface area contributed by atoms with Crippen molar-refractivity contribution in [3.63, 3.8) is 0 Å². The lowest BCUT2D eigenvalue weighted by molar-refractivity contribution is 0.0253. The normalized spacial score (nSPS) is 11.9. The summed E-state index contributed by atoms with van der Waals surface area (Å²) in [6.07, 6.45) is 15.8. The van der Waals surface area contributed by atoms with Crippen LogP contribution in [0, 0.1) is 0 Å². The second-order valence-corrected chi connectivity index (χ2v) is 8.64. The smallest absolute Gasteiger partial charge is 0.338 e. The van der Waals surface area contributed by atoms with Gasteiger partial charge in [-0.15, -0.1) is 0 Å². The van der Waals surface area contributed by atoms with Crippen molar-refractivity contribution in [1.82, 2.24) is 0 Å². The van der Waals surface area contributed by atoms with Gasteiger partial charge in [-0.25, -0.2) is 9.59 Å². The second-order valence-electron chi connectivity index (χ2n) is 8.64. The van der Waals surface area contributed by atoms with Crippen LogP contribution in [0.4, 0.5) is 0 Å². The first-order valence-electron chi connectivity index (χ1n) is 12.8. The fourth-order valence-electron chi connectivity index (χ4n) is 3.74. The number of carbonyl (C=O) groups excluding carboxylic acids is 2. The number of hydrogen-bond acceptors (Lipinski definition) is 4. The van der Waals surface area contributed by atoms with Crippen LogP contribution in [-0.2, 0) is 9.47 Å². The van der Waals surface area contributed by atoms with E-state index in [4.69, 9.17) is 9.47 Å². The first kappa shape index (κ1) is 27.4. The van der Waals surface area contributed by atoms with Crippen LogP contribution in [0.25, 0.3) is 0 Å². The van der Waals surface area contributed by atoms with Crippen molar-refractivity contribution in [2.75, 3.05) is 6.61 Å². The van der Waals surface area contributed by atoms with E-state index in [1.807, 2.05) is 36.4 Å². The molecule has 4 nitrogen and oxygen atoms in total. The van der Waals surface area contributed by atoms with Crippen LogP contribution in [0.1, 0.15) is 98.3 Å². The Kier molecular flexibility index (Phi) is 14.1. The fourth-order valence-corrected chi connectivity index (χ4v) is 3.74. The molecule has 0 saturated carbocycles. The van der Waals surface area contributed by atoms with Crippen molar-refractivity contribution >= 4 is 11.9 Å². The Hall–Kier alpha value is -2.88. The molecule has 0 aromatic heterocycles. The van der Waals surface area contributed by atoms with Crippen molar-refractivity contribution in [3.8, 4) is 0 Å². The maximum absolute atomic E-state index is 12.5. The molecule has 0 heterocycles. The summed E-state index contributed by atoms with van der Waals surface area (Å²) in [7, 11) is 0. The summed E-state index contributed by atoms with van der Waals surface area (Å²) in [5, 5.41) is 0. The maximum atomic E-state index is 12.5. The molecule has 1 unspecified atom stereocenters. The Balaban J connectivity index is 1.71. The summed E-state index contributed by atoms with van der Waals surface area (Å²) in [5.74, 6) is -0.539. The van der Waals surface area contributed by atoms with Crippen molar-refractivity contribution in [2.45, 2.75) is 83.7 Å². The lowest BCUT2D eigenvalue weighted by Crippen LogP contribution is -2.18. The summed E-state index contributed by atoms with van der Waals surface area (Å²) < 4.78 is 11.2. The van der Waals surface area contributed by atoms with Gasteiger partial charge in [-0.1, -0.05) is 74.7 Å². The third-order valence-corrected chi connectivity index (χ3v) is 5.74. The number of benzene rings is 2. The second kappa shape index (κ2) is 17.6. The van der Waals surface area contributed by atoms with Crippen LogP contribution >= 0.6 is 0 Å². The summed E-state index contributed by atoms with van der Waals surface area (Å²) in [5.41, 5.74) is 1.17. The third kappa shape index (κ3) is 11.8. The molecule has 0 radical (unpaired) electrons. The standard InChI is InChI=1S/C30H40O4/c1-2-3-4-5-6-7-8-16-23-28(34-30(32)27-21-14-10-15-22-27)24-17-11-18-25-33-29(31)26-19-12-9-13-20-26/h7-10,12-15,19-22,28H,2-6,11,16-18,23-25H2,1H3/b8-7+. The summed E-state index contributed by atoms with van der Waals surface area (Å²) >= 11 is 0. The summed E-state index contributed by atoms with van der Waals surface area (Å²) in [6, 6.07) is 18.2. The SMILES string of the molecule is CCCCCC/C=C/CCC(CCCCCOC(=O)c1ccccc1)OC(=O)c1ccccc1. The number of hydrogen-bond donors (Lipinski definition) is 0. The number of carbonyl (C=O) groups is 2. The van der Waals surface area contributed by atoms with Crippen molar-refractivity contribution in [1.29, 1.82) is 0 Å². The Morgan fingerprint density at radius 1 is 0.706 bits per heavy atom. The van der Waals surface area contributed by atoms with Gasteiger partial charge in [-0.3, -0.25) is 0 Å². The van der Waals surface area contributed by atoms with E-state index in [1.165, 1.54) is 25.7 Å². The van der Waals surface area contributed by atoms with E-state index >= 15 is 0 Å². The van der Waals surface area contributed by atoms with Crippen LogP contribution in [0.15, 0.2) is 72.8 Å². The van der Waals surface area contributed by atoms with Gasteiger partial charge in [0.05, 0.1) is 17.7 Å². The highest BCUT2D eigenvalue weighted by Crippen LogP contribution is 2.16. The van der Waals surface area contributed by atoms with Gasteiger partial charge >= 0.3 is 11.9 Å². The molecule has 0 aliphatic rings. The van der Waals surface area contributed by atoms with E-state index < -0.39 is 0 Å². The van der Waals surface area contributed by atoms with E-state index in [1.54, 1.807) is 24.3 Å². The highest BCUT2D eigenvalue weighted by atomic mass is 16.5. The van der Waals surface area contributed by atoms with Gasteiger partial charge in [0.2, 0.25) is 0 Å². The molecule has 0 bridgehead atoms. The predicted octanol–water partition coefficient (Wildman–Crippen LogP) is 7.94. The molecule has 2 aromatic carbocycles. The van der Waals surface area contributed by atoms with Gasteiger partial charge in [0, 0.05) is 0 Å². The van der Waals surface area contributed by atoms with E-state index in [9.17, 15) is 9.59 Å².